The molecule has 0 aliphatic carbocycles. The maximum Gasteiger partial charge on any atom is 0.416 e. The van der Waals surface area contributed by atoms with Crippen LogP contribution in [0.2, 0.25) is 5.15 Å². The molecule has 0 atom stereocenters. The summed E-state index contributed by atoms with van der Waals surface area (Å²) in [7, 11) is 0. The number of hydrogen-bond donors (Lipinski definition) is 0. The first-order chi connectivity index (χ1) is 11.0. The van der Waals surface area contributed by atoms with Gasteiger partial charge in [0.1, 0.15) is 10.8 Å². The summed E-state index contributed by atoms with van der Waals surface area (Å²) in [4.78, 5) is 17.4. The van der Waals surface area contributed by atoms with Gasteiger partial charge in [0.15, 0.2) is 0 Å². The minimum atomic E-state index is -4.49. The quantitative estimate of drug-likeness (QED) is 0.675. The molecule has 2 heterocycles. The van der Waals surface area contributed by atoms with Gasteiger partial charge in [-0.2, -0.15) is 13.2 Å². The molecule has 8 heteroatoms. The molecule has 24 heavy (non-hydrogen) atoms. The first kappa shape index (κ1) is 18.6. The maximum atomic E-state index is 12.9. The van der Waals surface area contributed by atoms with Crippen LogP contribution < -0.4 is 0 Å². The van der Waals surface area contributed by atoms with Crippen LogP contribution in [0.4, 0.5) is 18.0 Å². The normalized spacial score (nSPS) is 16.0. The number of hydrogen-bond acceptors (Lipinski definition) is 3. The molecule has 2 rings (SSSR count). The maximum absolute atomic E-state index is 12.9. The molecule has 0 aromatic carbocycles. The fourth-order valence-corrected chi connectivity index (χ4v) is 2.43. The average Bonchev–Trinajstić information content (AvgIpc) is 2.44. The molecule has 1 aliphatic heterocycles. The third kappa shape index (κ3) is 4.87. The Hall–Kier alpha value is -1.76. The number of rotatable bonds is 1. The predicted octanol–water partition coefficient (Wildman–Crippen LogP) is 4.78. The molecule has 1 amide bonds. The summed E-state index contributed by atoms with van der Waals surface area (Å²) in [5.41, 5.74) is -0.633. The number of pyridine rings is 1. The number of ether oxygens (including phenoxy) is 1. The van der Waals surface area contributed by atoms with E-state index in [2.05, 4.69) is 4.98 Å². The molecule has 0 spiro atoms. The van der Waals surface area contributed by atoms with Crippen molar-refractivity contribution in [1.82, 2.24) is 9.88 Å². The van der Waals surface area contributed by atoms with E-state index >= 15 is 0 Å². The van der Waals surface area contributed by atoms with Crippen molar-refractivity contribution in [3.8, 4) is 0 Å². The average molecular weight is 363 g/mol. The standard InChI is InChI=1S/C16H18ClF3N2O2/c1-15(2,3)24-14(23)22-6-4-10(5-7-22)12-8-11(16(18,19)20)9-13(17)21-12/h4,8-9H,5-7H2,1-3H3. The van der Waals surface area contributed by atoms with E-state index < -0.39 is 23.4 Å². The highest BCUT2D eigenvalue weighted by Gasteiger charge is 2.32. The first-order valence-corrected chi connectivity index (χ1v) is 7.75. The van der Waals surface area contributed by atoms with Gasteiger partial charge in [-0.25, -0.2) is 9.78 Å². The third-order valence-corrected chi connectivity index (χ3v) is 3.50. The largest absolute Gasteiger partial charge is 0.444 e. The molecular formula is C16H18ClF3N2O2. The Morgan fingerprint density at radius 3 is 2.46 bits per heavy atom. The molecular weight excluding hydrogens is 345 g/mol. The van der Waals surface area contributed by atoms with Crippen LogP contribution in [0.1, 0.15) is 38.4 Å². The lowest BCUT2D eigenvalue weighted by Gasteiger charge is -2.29. The molecule has 1 aliphatic rings. The lowest BCUT2D eigenvalue weighted by atomic mass is 10.0. The third-order valence-electron chi connectivity index (χ3n) is 3.31. The van der Waals surface area contributed by atoms with Gasteiger partial charge in [0.2, 0.25) is 0 Å². The van der Waals surface area contributed by atoms with Gasteiger partial charge in [-0.1, -0.05) is 17.7 Å². The number of carbonyl (C=O) groups is 1. The minimum absolute atomic E-state index is 0.179. The van der Waals surface area contributed by atoms with Gasteiger partial charge < -0.3 is 9.64 Å². The van der Waals surface area contributed by atoms with Crippen LogP contribution in [0.5, 0.6) is 0 Å². The summed E-state index contributed by atoms with van der Waals surface area (Å²) in [6.07, 6.45) is -2.89. The van der Waals surface area contributed by atoms with E-state index in [4.69, 9.17) is 16.3 Å². The van der Waals surface area contributed by atoms with Crippen LogP contribution in [-0.2, 0) is 10.9 Å². The fourth-order valence-electron chi connectivity index (χ4n) is 2.22. The lowest BCUT2D eigenvalue weighted by Crippen LogP contribution is -2.39. The van der Waals surface area contributed by atoms with Crippen molar-refractivity contribution < 1.29 is 22.7 Å². The summed E-state index contributed by atoms with van der Waals surface area (Å²) < 4.78 is 43.9. The Morgan fingerprint density at radius 1 is 1.29 bits per heavy atom. The molecule has 0 fully saturated rings. The summed E-state index contributed by atoms with van der Waals surface area (Å²) in [5, 5.41) is -0.213. The number of carbonyl (C=O) groups excluding carboxylic acids is 1. The second-order valence-electron chi connectivity index (χ2n) is 6.47. The van der Waals surface area contributed by atoms with E-state index in [1.807, 2.05) is 0 Å². The predicted molar refractivity (Wildman–Crippen MR) is 84.7 cm³/mol. The summed E-state index contributed by atoms with van der Waals surface area (Å²) >= 11 is 5.70. The van der Waals surface area contributed by atoms with Gasteiger partial charge in [-0.05, 0) is 44.9 Å². The lowest BCUT2D eigenvalue weighted by molar-refractivity contribution is -0.137. The molecule has 1 aromatic rings. The van der Waals surface area contributed by atoms with Crippen molar-refractivity contribution in [2.24, 2.45) is 0 Å². The van der Waals surface area contributed by atoms with Crippen LogP contribution in [0, 0.1) is 0 Å². The van der Waals surface area contributed by atoms with Gasteiger partial charge in [0, 0.05) is 13.1 Å². The van der Waals surface area contributed by atoms with E-state index in [0.717, 1.165) is 12.1 Å². The van der Waals surface area contributed by atoms with Crippen LogP contribution in [0.15, 0.2) is 18.2 Å². The zero-order valence-corrected chi connectivity index (χ0v) is 14.3. The molecule has 4 nitrogen and oxygen atoms in total. The number of alkyl halides is 3. The Labute approximate surface area is 143 Å². The number of amides is 1. The molecule has 0 bridgehead atoms. The van der Waals surface area contributed by atoms with Crippen molar-refractivity contribution in [1.29, 1.82) is 0 Å². The Morgan fingerprint density at radius 2 is 1.96 bits per heavy atom. The van der Waals surface area contributed by atoms with Gasteiger partial charge in [0.25, 0.3) is 0 Å². The van der Waals surface area contributed by atoms with E-state index in [9.17, 15) is 18.0 Å². The van der Waals surface area contributed by atoms with Crippen LogP contribution in [0.3, 0.4) is 0 Å². The highest BCUT2D eigenvalue weighted by molar-refractivity contribution is 6.29. The minimum Gasteiger partial charge on any atom is -0.444 e. The molecule has 1 aromatic heterocycles. The van der Waals surface area contributed by atoms with Crippen molar-refractivity contribution in [2.45, 2.75) is 39.0 Å². The van der Waals surface area contributed by atoms with Crippen molar-refractivity contribution in [2.75, 3.05) is 13.1 Å². The topological polar surface area (TPSA) is 42.4 Å². The van der Waals surface area contributed by atoms with Crippen LogP contribution in [0.25, 0.3) is 5.57 Å². The fraction of sp³-hybridized carbons (Fsp3) is 0.500. The smallest absolute Gasteiger partial charge is 0.416 e. The van der Waals surface area contributed by atoms with E-state index in [-0.39, 0.29) is 17.4 Å². The summed E-state index contributed by atoms with van der Waals surface area (Å²) in [5.74, 6) is 0. The Balaban J connectivity index is 2.16. The van der Waals surface area contributed by atoms with Crippen molar-refractivity contribution in [3.63, 3.8) is 0 Å². The van der Waals surface area contributed by atoms with Gasteiger partial charge in [-0.3, -0.25) is 0 Å². The van der Waals surface area contributed by atoms with E-state index in [0.29, 0.717) is 18.5 Å². The van der Waals surface area contributed by atoms with Gasteiger partial charge in [0.05, 0.1) is 11.3 Å². The van der Waals surface area contributed by atoms with E-state index in [1.165, 1.54) is 4.90 Å². The molecule has 0 unspecified atom stereocenters. The molecule has 0 radical (unpaired) electrons. The van der Waals surface area contributed by atoms with Crippen LogP contribution >= 0.6 is 11.6 Å². The summed E-state index contributed by atoms with van der Waals surface area (Å²) in [6, 6.07) is 1.77. The number of aromatic nitrogens is 1. The highest BCUT2D eigenvalue weighted by Crippen LogP contribution is 2.33. The van der Waals surface area contributed by atoms with Gasteiger partial charge >= 0.3 is 12.3 Å². The second-order valence-corrected chi connectivity index (χ2v) is 6.85. The Kier molecular flexibility index (Phi) is 5.13. The van der Waals surface area contributed by atoms with E-state index in [1.54, 1.807) is 26.8 Å². The SMILES string of the molecule is CC(C)(C)OC(=O)N1CC=C(c2cc(C(F)(F)F)cc(Cl)n2)CC1. The molecule has 0 saturated heterocycles. The monoisotopic (exact) mass is 362 g/mol. The molecule has 0 saturated carbocycles. The van der Waals surface area contributed by atoms with Crippen molar-refractivity contribution in [3.05, 3.63) is 34.6 Å². The number of nitrogens with zero attached hydrogens (tertiary/aromatic N) is 2. The zero-order valence-electron chi connectivity index (χ0n) is 13.6. The van der Waals surface area contributed by atoms with Gasteiger partial charge in [-0.15, -0.1) is 0 Å². The first-order valence-electron chi connectivity index (χ1n) is 7.38. The summed E-state index contributed by atoms with van der Waals surface area (Å²) in [6.45, 7) is 5.90. The Bertz CT molecular complexity index is 666. The van der Waals surface area contributed by atoms with Crippen molar-refractivity contribution >= 4 is 23.3 Å². The highest BCUT2D eigenvalue weighted by atomic mass is 35.5. The van der Waals surface area contributed by atoms with Crippen LogP contribution in [-0.4, -0.2) is 34.7 Å². The second kappa shape index (κ2) is 6.63. The number of halogens is 4. The molecule has 132 valence electrons. The zero-order chi connectivity index (χ0) is 18.1. The molecule has 0 N–H and O–H groups in total.